The van der Waals surface area contributed by atoms with E-state index in [1.165, 1.54) is 0 Å². The first-order chi connectivity index (χ1) is 12.9. The highest BCUT2D eigenvalue weighted by Gasteiger charge is 2.81. The minimum Gasteiger partial charge on any atom is -0.451 e. The fraction of sp³-hybridized carbons (Fsp3) is 0.909. The van der Waals surface area contributed by atoms with Gasteiger partial charge in [-0.3, -0.25) is 9.59 Å². The van der Waals surface area contributed by atoms with E-state index in [1.807, 2.05) is 4.90 Å². The molecule has 0 N–H and O–H groups in total. The normalized spacial score (nSPS) is 47.2. The summed E-state index contributed by atoms with van der Waals surface area (Å²) in [6.07, 6.45) is 4.15. The van der Waals surface area contributed by atoms with E-state index in [-0.39, 0.29) is 34.5 Å². The summed E-state index contributed by atoms with van der Waals surface area (Å²) in [6, 6.07) is 0.0591. The van der Waals surface area contributed by atoms with E-state index in [9.17, 15) is 9.59 Å². The van der Waals surface area contributed by atoms with Crippen LogP contribution in [0.15, 0.2) is 0 Å². The van der Waals surface area contributed by atoms with Crippen molar-refractivity contribution in [2.45, 2.75) is 96.2 Å². The molecule has 3 heterocycles. The Morgan fingerprint density at radius 3 is 2.57 bits per heavy atom. The molecule has 1 amide bonds. The summed E-state index contributed by atoms with van der Waals surface area (Å²) in [5, 5.41) is 0.156. The summed E-state index contributed by atoms with van der Waals surface area (Å²) in [4.78, 5) is 28.7. The van der Waals surface area contributed by atoms with Gasteiger partial charge < -0.3 is 14.1 Å². The summed E-state index contributed by atoms with van der Waals surface area (Å²) in [5.74, 6) is 0.924. The molecular formula is C22H35NO4Si. The van der Waals surface area contributed by atoms with Gasteiger partial charge in [-0.2, -0.15) is 0 Å². The Morgan fingerprint density at radius 1 is 1.18 bits per heavy atom. The first-order valence-corrected chi connectivity index (χ1v) is 14.0. The molecule has 0 radical (unpaired) electrons. The Kier molecular flexibility index (Phi) is 3.70. The van der Waals surface area contributed by atoms with E-state index in [0.717, 1.165) is 38.6 Å². The van der Waals surface area contributed by atoms with Crippen LogP contribution in [0.1, 0.15) is 59.8 Å². The molecule has 28 heavy (non-hydrogen) atoms. The Labute approximate surface area is 169 Å². The number of esters is 1. The molecule has 4 bridgehead atoms. The third kappa shape index (κ3) is 2.02. The Balaban J connectivity index is 1.53. The van der Waals surface area contributed by atoms with Gasteiger partial charge in [0.15, 0.2) is 14.4 Å². The van der Waals surface area contributed by atoms with Gasteiger partial charge in [0.2, 0.25) is 0 Å². The predicted octanol–water partition coefficient (Wildman–Crippen LogP) is 3.73. The zero-order chi connectivity index (χ0) is 20.3. The minimum atomic E-state index is -1.90. The van der Waals surface area contributed by atoms with Gasteiger partial charge in [-0.25, -0.2) is 0 Å². The van der Waals surface area contributed by atoms with Crippen molar-refractivity contribution in [3.05, 3.63) is 0 Å². The lowest BCUT2D eigenvalue weighted by atomic mass is 9.43. The second-order valence-corrected chi connectivity index (χ2v) is 16.5. The molecule has 0 aromatic rings. The van der Waals surface area contributed by atoms with Gasteiger partial charge in [-0.15, -0.1) is 0 Å². The fourth-order valence-electron chi connectivity index (χ4n) is 7.28. The van der Waals surface area contributed by atoms with E-state index in [1.54, 1.807) is 0 Å². The molecule has 7 atom stereocenters. The molecule has 6 heteroatoms. The topological polar surface area (TPSA) is 55.8 Å². The number of hydrogen-bond donors (Lipinski definition) is 0. The lowest BCUT2D eigenvalue weighted by molar-refractivity contribution is -0.184. The smallest absolute Gasteiger partial charge is 0.315 e. The molecule has 5 aliphatic rings. The average Bonchev–Trinajstić information content (AvgIpc) is 3.04. The van der Waals surface area contributed by atoms with Crippen LogP contribution in [0, 0.1) is 22.7 Å². The van der Waals surface area contributed by atoms with E-state index in [0.29, 0.717) is 11.8 Å². The maximum atomic E-state index is 13.4. The standard InChI is InChI=1S/C22H35NO4Si/c1-13-12-23-16-15(13)8-9-21-11-14(27-28(5,6)20(2,3)4)7-10-22(16,21)19(25)26-17(21)18(23)24/h13-17H,7-12H2,1-6H3/t13-,14?,15?,16+,17-,21?,22?/m1/s1. The van der Waals surface area contributed by atoms with Crippen molar-refractivity contribution in [3.63, 3.8) is 0 Å². The number of hydrogen-bond acceptors (Lipinski definition) is 4. The van der Waals surface area contributed by atoms with Crippen molar-refractivity contribution in [1.29, 1.82) is 0 Å². The van der Waals surface area contributed by atoms with Gasteiger partial charge in [-0.1, -0.05) is 27.7 Å². The second-order valence-electron chi connectivity index (χ2n) is 11.8. The molecule has 0 spiro atoms. The molecule has 3 aliphatic heterocycles. The van der Waals surface area contributed by atoms with Gasteiger partial charge in [0.1, 0.15) is 0 Å². The summed E-state index contributed by atoms with van der Waals surface area (Å²) in [7, 11) is -1.90. The molecule has 0 aromatic carbocycles. The largest absolute Gasteiger partial charge is 0.451 e. The lowest BCUT2D eigenvalue weighted by Gasteiger charge is -2.61. The van der Waals surface area contributed by atoms with E-state index in [2.05, 4.69) is 40.8 Å². The third-order valence-corrected chi connectivity index (χ3v) is 14.1. The maximum absolute atomic E-state index is 13.4. The van der Waals surface area contributed by atoms with Crippen LogP contribution < -0.4 is 0 Å². The highest BCUT2D eigenvalue weighted by atomic mass is 28.4. The molecule has 2 saturated carbocycles. The van der Waals surface area contributed by atoms with Gasteiger partial charge in [0, 0.05) is 18.1 Å². The van der Waals surface area contributed by atoms with E-state index in [4.69, 9.17) is 9.16 Å². The van der Waals surface area contributed by atoms with Crippen molar-refractivity contribution in [1.82, 2.24) is 4.90 Å². The predicted molar refractivity (Wildman–Crippen MR) is 108 cm³/mol. The Morgan fingerprint density at radius 2 is 1.89 bits per heavy atom. The highest BCUT2D eigenvalue weighted by molar-refractivity contribution is 6.74. The Hall–Kier alpha value is -0.883. The molecule has 5 rings (SSSR count). The summed E-state index contributed by atoms with van der Waals surface area (Å²) in [6.45, 7) is 14.5. The number of carbonyl (C=O) groups is 2. The van der Waals surface area contributed by atoms with Gasteiger partial charge in [0.25, 0.3) is 5.91 Å². The van der Waals surface area contributed by atoms with Crippen molar-refractivity contribution >= 4 is 20.2 Å². The van der Waals surface area contributed by atoms with Crippen molar-refractivity contribution in [2.24, 2.45) is 22.7 Å². The average molecular weight is 406 g/mol. The van der Waals surface area contributed by atoms with E-state index >= 15 is 0 Å². The summed E-state index contributed by atoms with van der Waals surface area (Å²) < 4.78 is 12.7. The number of ether oxygens (including phenoxy) is 1. The van der Waals surface area contributed by atoms with E-state index < -0.39 is 19.8 Å². The fourth-order valence-corrected chi connectivity index (χ4v) is 8.66. The minimum absolute atomic E-state index is 0.0591. The SMILES string of the molecule is C[C@@H]1CN2C(=O)[C@H]3OC(=O)C45CCC(O[Si](C)(C)C(C)(C)C)CC34CCC1[C@H]25. The molecule has 4 unspecified atom stereocenters. The van der Waals surface area contributed by atoms with Crippen LogP contribution in [0.5, 0.6) is 0 Å². The van der Waals surface area contributed by atoms with Crippen molar-refractivity contribution in [3.8, 4) is 0 Å². The van der Waals surface area contributed by atoms with Gasteiger partial charge in [-0.05, 0) is 62.1 Å². The lowest BCUT2D eigenvalue weighted by Crippen LogP contribution is -2.71. The van der Waals surface area contributed by atoms with Crippen LogP contribution in [0.2, 0.25) is 18.1 Å². The zero-order valence-electron chi connectivity index (χ0n) is 18.2. The number of carbonyl (C=O) groups excluding carboxylic acids is 2. The quantitative estimate of drug-likeness (QED) is 0.519. The van der Waals surface area contributed by atoms with Crippen LogP contribution in [-0.2, 0) is 18.8 Å². The highest BCUT2D eigenvalue weighted by Crippen LogP contribution is 2.72. The molecule has 3 saturated heterocycles. The molecule has 0 aromatic heterocycles. The van der Waals surface area contributed by atoms with Crippen LogP contribution in [0.25, 0.3) is 0 Å². The van der Waals surface area contributed by atoms with Crippen molar-refractivity contribution < 1.29 is 18.8 Å². The zero-order valence-corrected chi connectivity index (χ0v) is 19.2. The maximum Gasteiger partial charge on any atom is 0.315 e. The first-order valence-electron chi connectivity index (χ1n) is 11.1. The van der Waals surface area contributed by atoms with Gasteiger partial charge in [0.05, 0.1) is 11.5 Å². The van der Waals surface area contributed by atoms with Crippen LogP contribution >= 0.6 is 0 Å². The molecule has 5 nitrogen and oxygen atoms in total. The molecule has 2 aliphatic carbocycles. The first kappa shape index (κ1) is 19.1. The third-order valence-electron chi connectivity index (χ3n) is 9.59. The van der Waals surface area contributed by atoms with Gasteiger partial charge >= 0.3 is 5.97 Å². The second kappa shape index (κ2) is 5.42. The monoisotopic (exact) mass is 405 g/mol. The van der Waals surface area contributed by atoms with Crippen LogP contribution in [-0.4, -0.2) is 49.9 Å². The molecule has 156 valence electrons. The van der Waals surface area contributed by atoms with Crippen LogP contribution in [0.3, 0.4) is 0 Å². The number of piperidine rings is 1. The molecule has 5 fully saturated rings. The van der Waals surface area contributed by atoms with Crippen LogP contribution in [0.4, 0.5) is 0 Å². The number of amides is 1. The number of nitrogens with zero attached hydrogens (tertiary/aromatic N) is 1. The number of rotatable bonds is 2. The van der Waals surface area contributed by atoms with Crippen molar-refractivity contribution in [2.75, 3.05) is 6.54 Å². The Bertz CT molecular complexity index is 743. The molecular weight excluding hydrogens is 370 g/mol. The summed E-state index contributed by atoms with van der Waals surface area (Å²) in [5.41, 5.74) is -0.819. The summed E-state index contributed by atoms with van der Waals surface area (Å²) >= 11 is 0.